The van der Waals surface area contributed by atoms with E-state index >= 15 is 0 Å². The van der Waals surface area contributed by atoms with Crippen molar-refractivity contribution in [1.82, 2.24) is 9.97 Å². The summed E-state index contributed by atoms with van der Waals surface area (Å²) in [5.74, 6) is -0.841. The lowest BCUT2D eigenvalue weighted by Gasteiger charge is -2.33. The van der Waals surface area contributed by atoms with Crippen LogP contribution in [0.5, 0.6) is 0 Å². The molecule has 0 unspecified atom stereocenters. The van der Waals surface area contributed by atoms with Crippen molar-refractivity contribution in [3.05, 3.63) is 17.5 Å². The first-order valence-electron chi connectivity index (χ1n) is 6.24. The summed E-state index contributed by atoms with van der Waals surface area (Å²) in [6.07, 6.45) is -4.00. The van der Waals surface area contributed by atoms with Crippen molar-refractivity contribution >= 4 is 23.2 Å². The van der Waals surface area contributed by atoms with Gasteiger partial charge in [-0.05, 0) is 25.8 Å². The molecule has 20 heavy (non-hydrogen) atoms. The van der Waals surface area contributed by atoms with E-state index in [2.05, 4.69) is 9.97 Å². The summed E-state index contributed by atoms with van der Waals surface area (Å²) < 4.78 is 37.9. The lowest BCUT2D eigenvalue weighted by atomic mass is 9.96. The van der Waals surface area contributed by atoms with Crippen molar-refractivity contribution in [2.24, 2.45) is 11.7 Å². The third-order valence-electron chi connectivity index (χ3n) is 3.34. The molecule has 0 spiro atoms. The average molecular weight is 304 g/mol. The van der Waals surface area contributed by atoms with E-state index in [4.69, 9.17) is 18.0 Å². The quantitative estimate of drug-likeness (QED) is 0.849. The van der Waals surface area contributed by atoms with E-state index in [0.717, 1.165) is 0 Å². The Morgan fingerprint density at radius 3 is 2.45 bits per heavy atom. The molecule has 2 rings (SSSR count). The molecule has 0 saturated carbocycles. The number of halogens is 3. The number of alkyl halides is 3. The highest BCUT2D eigenvalue weighted by molar-refractivity contribution is 7.80. The van der Waals surface area contributed by atoms with Crippen molar-refractivity contribution in [3.63, 3.8) is 0 Å². The molecule has 0 aromatic carbocycles. The number of anilines is 1. The predicted octanol–water partition coefficient (Wildman–Crippen LogP) is 2.20. The van der Waals surface area contributed by atoms with Gasteiger partial charge in [0.1, 0.15) is 10.7 Å². The lowest BCUT2D eigenvalue weighted by Crippen LogP contribution is -2.40. The Hall–Kier alpha value is -1.44. The van der Waals surface area contributed by atoms with Gasteiger partial charge in [0.25, 0.3) is 0 Å². The zero-order valence-electron chi connectivity index (χ0n) is 10.9. The molecule has 8 heteroatoms. The summed E-state index contributed by atoms with van der Waals surface area (Å²) >= 11 is 4.87. The number of aromatic nitrogens is 2. The second-order valence-electron chi connectivity index (χ2n) is 4.86. The van der Waals surface area contributed by atoms with Gasteiger partial charge in [0.05, 0.1) is 5.92 Å². The van der Waals surface area contributed by atoms with Gasteiger partial charge in [-0.25, -0.2) is 9.97 Å². The molecular formula is C12H15F3N4S. The smallest absolute Gasteiger partial charge is 0.388 e. The third kappa shape index (κ3) is 3.36. The highest BCUT2D eigenvalue weighted by atomic mass is 32.1. The number of rotatable bonds is 2. The van der Waals surface area contributed by atoms with Gasteiger partial charge < -0.3 is 10.6 Å². The van der Waals surface area contributed by atoms with Crippen molar-refractivity contribution < 1.29 is 13.2 Å². The maximum absolute atomic E-state index is 12.6. The molecular weight excluding hydrogens is 289 g/mol. The topological polar surface area (TPSA) is 55.0 Å². The number of aryl methyl sites for hydroxylation is 1. The fourth-order valence-corrected chi connectivity index (χ4v) is 2.33. The molecule has 2 N–H and O–H groups in total. The van der Waals surface area contributed by atoms with Gasteiger partial charge in [0, 0.05) is 18.8 Å². The van der Waals surface area contributed by atoms with Gasteiger partial charge in [-0.3, -0.25) is 0 Å². The van der Waals surface area contributed by atoms with E-state index in [1.165, 1.54) is 0 Å². The molecule has 4 nitrogen and oxygen atoms in total. The summed E-state index contributed by atoms with van der Waals surface area (Å²) in [6, 6.07) is 1.66. The number of piperidine rings is 1. The maximum atomic E-state index is 12.6. The Labute approximate surface area is 120 Å². The summed E-state index contributed by atoms with van der Waals surface area (Å²) in [5.41, 5.74) is 6.67. The van der Waals surface area contributed by atoms with Crippen LogP contribution in [0.1, 0.15) is 24.2 Å². The molecule has 1 aliphatic heterocycles. The van der Waals surface area contributed by atoms with Gasteiger partial charge in [-0.15, -0.1) is 0 Å². The highest BCUT2D eigenvalue weighted by Gasteiger charge is 2.41. The van der Waals surface area contributed by atoms with Crippen LogP contribution in [0.2, 0.25) is 0 Å². The molecule has 0 aliphatic carbocycles. The summed E-state index contributed by atoms with van der Waals surface area (Å²) in [5, 5.41) is 0. The molecule has 0 atom stereocenters. The van der Waals surface area contributed by atoms with Gasteiger partial charge in [0.2, 0.25) is 5.95 Å². The van der Waals surface area contributed by atoms with Crippen LogP contribution in [0.4, 0.5) is 19.1 Å². The SMILES string of the molecule is Cc1cc(C(N)=S)nc(N2CCC(C(F)(F)F)CC2)n1. The second kappa shape index (κ2) is 5.51. The van der Waals surface area contributed by atoms with Gasteiger partial charge in [-0.2, -0.15) is 13.2 Å². The van der Waals surface area contributed by atoms with Crippen LogP contribution in [0, 0.1) is 12.8 Å². The maximum Gasteiger partial charge on any atom is 0.391 e. The van der Waals surface area contributed by atoms with E-state index in [-0.39, 0.29) is 30.9 Å². The number of hydrogen-bond acceptors (Lipinski definition) is 4. The highest BCUT2D eigenvalue weighted by Crippen LogP contribution is 2.34. The summed E-state index contributed by atoms with van der Waals surface area (Å²) in [6.45, 7) is 2.34. The minimum Gasteiger partial charge on any atom is -0.388 e. The van der Waals surface area contributed by atoms with Crippen LogP contribution in [0.3, 0.4) is 0 Å². The molecule has 1 aliphatic rings. The summed E-state index contributed by atoms with van der Waals surface area (Å²) in [4.78, 5) is 10.4. The molecule has 0 radical (unpaired) electrons. The molecule has 0 amide bonds. The van der Waals surface area contributed by atoms with Gasteiger partial charge >= 0.3 is 6.18 Å². The second-order valence-corrected chi connectivity index (χ2v) is 5.30. The third-order valence-corrected chi connectivity index (χ3v) is 3.54. The minimum absolute atomic E-state index is 0.0587. The van der Waals surface area contributed by atoms with Crippen molar-refractivity contribution in [2.75, 3.05) is 18.0 Å². The van der Waals surface area contributed by atoms with Crippen LogP contribution >= 0.6 is 12.2 Å². The average Bonchev–Trinajstić information content (AvgIpc) is 2.37. The number of nitrogens with zero attached hydrogens (tertiary/aromatic N) is 3. The fraction of sp³-hybridized carbons (Fsp3) is 0.583. The van der Waals surface area contributed by atoms with Crippen LogP contribution < -0.4 is 10.6 Å². The minimum atomic E-state index is -4.12. The van der Waals surface area contributed by atoms with Crippen LogP contribution in [0.25, 0.3) is 0 Å². The first-order chi connectivity index (χ1) is 9.27. The predicted molar refractivity (Wildman–Crippen MR) is 73.6 cm³/mol. The zero-order chi connectivity index (χ0) is 14.9. The Kier molecular flexibility index (Phi) is 4.12. The van der Waals surface area contributed by atoms with Crippen molar-refractivity contribution in [1.29, 1.82) is 0 Å². The Balaban J connectivity index is 2.13. The zero-order valence-corrected chi connectivity index (χ0v) is 11.8. The molecule has 2 heterocycles. The van der Waals surface area contributed by atoms with Crippen LogP contribution in [0.15, 0.2) is 6.07 Å². The Morgan fingerprint density at radius 2 is 1.95 bits per heavy atom. The standard InChI is InChI=1S/C12H15F3N4S/c1-7-6-9(10(16)20)18-11(17-7)19-4-2-8(3-5-19)12(13,14)15/h6,8H,2-5H2,1H3,(H2,16,20). The molecule has 1 aromatic rings. The molecule has 1 saturated heterocycles. The van der Waals surface area contributed by atoms with E-state index in [1.807, 2.05) is 0 Å². The lowest BCUT2D eigenvalue weighted by molar-refractivity contribution is -0.179. The van der Waals surface area contributed by atoms with Crippen LogP contribution in [-0.4, -0.2) is 34.2 Å². The number of hydrogen-bond donors (Lipinski definition) is 1. The Morgan fingerprint density at radius 1 is 1.35 bits per heavy atom. The fourth-order valence-electron chi connectivity index (χ4n) is 2.23. The Bertz CT molecular complexity index is 510. The molecule has 1 aromatic heterocycles. The summed E-state index contributed by atoms with van der Waals surface area (Å²) in [7, 11) is 0. The van der Waals surface area contributed by atoms with Crippen molar-refractivity contribution in [3.8, 4) is 0 Å². The first kappa shape index (κ1) is 15.0. The number of nitrogens with two attached hydrogens (primary N) is 1. The van der Waals surface area contributed by atoms with Crippen molar-refractivity contribution in [2.45, 2.75) is 25.9 Å². The molecule has 0 bridgehead atoms. The van der Waals surface area contributed by atoms with E-state index in [9.17, 15) is 13.2 Å². The van der Waals surface area contributed by atoms with Gasteiger partial charge in [-0.1, -0.05) is 12.2 Å². The normalized spacial score (nSPS) is 17.3. The molecule has 1 fully saturated rings. The largest absolute Gasteiger partial charge is 0.391 e. The van der Waals surface area contributed by atoms with E-state index in [1.54, 1.807) is 17.9 Å². The molecule has 110 valence electrons. The van der Waals surface area contributed by atoms with Gasteiger partial charge in [0.15, 0.2) is 0 Å². The first-order valence-corrected chi connectivity index (χ1v) is 6.65. The monoisotopic (exact) mass is 304 g/mol. The van der Waals surface area contributed by atoms with E-state index in [0.29, 0.717) is 17.3 Å². The van der Waals surface area contributed by atoms with Crippen LogP contribution in [-0.2, 0) is 0 Å². The number of thiocarbonyl (C=S) groups is 1. The van der Waals surface area contributed by atoms with E-state index < -0.39 is 12.1 Å².